The van der Waals surface area contributed by atoms with E-state index in [1.807, 2.05) is 20.8 Å². The van der Waals surface area contributed by atoms with Gasteiger partial charge in [-0.15, -0.1) is 0 Å². The van der Waals surface area contributed by atoms with Crippen LogP contribution in [0.15, 0.2) is 18.2 Å². The number of rotatable bonds is 2. The third kappa shape index (κ3) is 3.24. The Kier molecular flexibility index (Phi) is 3.46. The molecule has 102 valence electrons. The van der Waals surface area contributed by atoms with E-state index in [-0.39, 0.29) is 0 Å². The van der Waals surface area contributed by atoms with Crippen molar-refractivity contribution in [3.8, 4) is 11.5 Å². The van der Waals surface area contributed by atoms with E-state index < -0.39 is 17.2 Å². The zero-order valence-corrected chi connectivity index (χ0v) is 11.3. The summed E-state index contributed by atoms with van der Waals surface area (Å²) >= 11 is 0. The maximum atomic E-state index is 12.0. The van der Waals surface area contributed by atoms with Crippen molar-refractivity contribution >= 4 is 11.7 Å². The van der Waals surface area contributed by atoms with Crippen molar-refractivity contribution in [1.29, 1.82) is 0 Å². The van der Waals surface area contributed by atoms with Crippen LogP contribution >= 0.6 is 0 Å². The maximum absolute atomic E-state index is 12.0. The number of fused-ring (bicyclic) bond motifs is 1. The summed E-state index contributed by atoms with van der Waals surface area (Å²) in [4.78, 5) is 23.8. The smallest absolute Gasteiger partial charge is 0.292 e. The van der Waals surface area contributed by atoms with Gasteiger partial charge in [0.05, 0.1) is 0 Å². The SMILES string of the molecule is CC(C)(C)NC(=O)C(=O)c1ccc2c(c1)OCCO2. The molecule has 1 aromatic carbocycles. The zero-order valence-electron chi connectivity index (χ0n) is 11.3. The average Bonchev–Trinajstić information content (AvgIpc) is 2.35. The third-order valence-corrected chi connectivity index (χ3v) is 2.50. The number of carbonyl (C=O) groups excluding carboxylic acids is 2. The van der Waals surface area contributed by atoms with Gasteiger partial charge in [-0.05, 0) is 39.0 Å². The summed E-state index contributed by atoms with van der Waals surface area (Å²) in [5.41, 5.74) is -0.147. The molecule has 1 aromatic rings. The molecule has 1 amide bonds. The Morgan fingerprint density at radius 3 is 2.37 bits per heavy atom. The van der Waals surface area contributed by atoms with Crippen LogP contribution in [0.2, 0.25) is 0 Å². The second kappa shape index (κ2) is 4.91. The molecule has 0 bridgehead atoms. The molecular formula is C14H17NO4. The topological polar surface area (TPSA) is 64.6 Å². The van der Waals surface area contributed by atoms with Crippen molar-refractivity contribution in [3.63, 3.8) is 0 Å². The highest BCUT2D eigenvalue weighted by Gasteiger charge is 2.23. The molecule has 0 spiro atoms. The first-order chi connectivity index (χ1) is 8.87. The van der Waals surface area contributed by atoms with Crippen LogP contribution in [0.1, 0.15) is 31.1 Å². The summed E-state index contributed by atoms with van der Waals surface area (Å²) < 4.78 is 10.7. The fraction of sp³-hybridized carbons (Fsp3) is 0.429. The first-order valence-corrected chi connectivity index (χ1v) is 6.13. The molecule has 0 aromatic heterocycles. The van der Waals surface area contributed by atoms with Gasteiger partial charge in [-0.25, -0.2) is 0 Å². The molecule has 0 saturated heterocycles. The lowest BCUT2D eigenvalue weighted by Gasteiger charge is -2.21. The number of hydrogen-bond donors (Lipinski definition) is 1. The van der Waals surface area contributed by atoms with Crippen molar-refractivity contribution < 1.29 is 19.1 Å². The Labute approximate surface area is 111 Å². The molecule has 5 heteroatoms. The number of benzene rings is 1. The Morgan fingerprint density at radius 2 is 1.74 bits per heavy atom. The van der Waals surface area contributed by atoms with E-state index in [1.165, 1.54) is 0 Å². The van der Waals surface area contributed by atoms with Crippen LogP contribution in [-0.4, -0.2) is 30.4 Å². The van der Waals surface area contributed by atoms with Crippen molar-refractivity contribution in [2.24, 2.45) is 0 Å². The summed E-state index contributed by atoms with van der Waals surface area (Å²) in [6.07, 6.45) is 0. The second-order valence-electron chi connectivity index (χ2n) is 5.39. The fourth-order valence-electron chi connectivity index (χ4n) is 1.71. The highest BCUT2D eigenvalue weighted by atomic mass is 16.6. The molecule has 0 atom stereocenters. The van der Waals surface area contributed by atoms with E-state index in [0.29, 0.717) is 30.3 Å². The molecule has 0 unspecified atom stereocenters. The third-order valence-electron chi connectivity index (χ3n) is 2.50. The molecule has 0 aliphatic carbocycles. The average molecular weight is 263 g/mol. The van der Waals surface area contributed by atoms with Crippen LogP contribution in [-0.2, 0) is 4.79 Å². The highest BCUT2D eigenvalue weighted by molar-refractivity contribution is 6.43. The second-order valence-corrected chi connectivity index (χ2v) is 5.39. The Bertz CT molecular complexity index is 517. The van der Waals surface area contributed by atoms with Gasteiger partial charge in [0.15, 0.2) is 11.5 Å². The van der Waals surface area contributed by atoms with Gasteiger partial charge in [0.25, 0.3) is 5.91 Å². The van der Waals surface area contributed by atoms with E-state index in [1.54, 1.807) is 18.2 Å². The van der Waals surface area contributed by atoms with Crippen molar-refractivity contribution in [2.45, 2.75) is 26.3 Å². The van der Waals surface area contributed by atoms with Gasteiger partial charge in [-0.1, -0.05) is 0 Å². The first-order valence-electron chi connectivity index (χ1n) is 6.13. The Morgan fingerprint density at radius 1 is 1.11 bits per heavy atom. The van der Waals surface area contributed by atoms with Gasteiger partial charge >= 0.3 is 0 Å². The maximum Gasteiger partial charge on any atom is 0.292 e. The van der Waals surface area contributed by atoms with Gasteiger partial charge in [-0.2, -0.15) is 0 Å². The molecular weight excluding hydrogens is 246 g/mol. The van der Waals surface area contributed by atoms with E-state index in [2.05, 4.69) is 5.32 Å². The first kappa shape index (κ1) is 13.4. The van der Waals surface area contributed by atoms with E-state index in [4.69, 9.17) is 9.47 Å². The van der Waals surface area contributed by atoms with Crippen LogP contribution in [0.3, 0.4) is 0 Å². The summed E-state index contributed by atoms with van der Waals surface area (Å²) in [5.74, 6) is -0.101. The van der Waals surface area contributed by atoms with Crippen LogP contribution < -0.4 is 14.8 Å². The molecule has 2 rings (SSSR count). The minimum atomic E-state index is -0.621. The number of hydrogen-bond acceptors (Lipinski definition) is 4. The van der Waals surface area contributed by atoms with Gasteiger partial charge in [0, 0.05) is 11.1 Å². The number of carbonyl (C=O) groups is 2. The largest absolute Gasteiger partial charge is 0.486 e. The Balaban J connectivity index is 2.18. The van der Waals surface area contributed by atoms with Crippen LogP contribution in [0.4, 0.5) is 0 Å². The molecule has 0 saturated carbocycles. The summed E-state index contributed by atoms with van der Waals surface area (Å²) in [6, 6.07) is 4.75. The Hall–Kier alpha value is -2.04. The van der Waals surface area contributed by atoms with Crippen LogP contribution in [0, 0.1) is 0 Å². The molecule has 1 aliphatic heterocycles. The van der Waals surface area contributed by atoms with Gasteiger partial charge < -0.3 is 14.8 Å². The van der Waals surface area contributed by atoms with Crippen molar-refractivity contribution in [2.75, 3.05) is 13.2 Å². The predicted octanol–water partition coefficient (Wildman–Crippen LogP) is 1.56. The van der Waals surface area contributed by atoms with E-state index >= 15 is 0 Å². The molecule has 1 heterocycles. The van der Waals surface area contributed by atoms with Gasteiger partial charge in [0.1, 0.15) is 13.2 Å². The quantitative estimate of drug-likeness (QED) is 0.649. The number of ether oxygens (including phenoxy) is 2. The number of Topliss-reactive ketones (excluding diaryl/α,β-unsaturated/α-hetero) is 1. The minimum Gasteiger partial charge on any atom is -0.486 e. The van der Waals surface area contributed by atoms with Gasteiger partial charge in [-0.3, -0.25) is 9.59 Å². The summed E-state index contributed by atoms with van der Waals surface area (Å²) in [7, 11) is 0. The molecule has 0 radical (unpaired) electrons. The van der Waals surface area contributed by atoms with Crippen LogP contribution in [0.25, 0.3) is 0 Å². The van der Waals surface area contributed by atoms with Crippen molar-refractivity contribution in [3.05, 3.63) is 23.8 Å². The zero-order chi connectivity index (χ0) is 14.0. The molecule has 1 aliphatic rings. The molecule has 0 fully saturated rings. The van der Waals surface area contributed by atoms with Crippen LogP contribution in [0.5, 0.6) is 11.5 Å². The highest BCUT2D eigenvalue weighted by Crippen LogP contribution is 2.30. The number of amides is 1. The summed E-state index contributed by atoms with van der Waals surface area (Å²) in [6.45, 7) is 6.40. The lowest BCUT2D eigenvalue weighted by molar-refractivity contribution is -0.118. The summed E-state index contributed by atoms with van der Waals surface area (Å²) in [5, 5.41) is 2.64. The lowest BCUT2D eigenvalue weighted by atomic mass is 10.1. The number of ketones is 1. The van der Waals surface area contributed by atoms with Crippen molar-refractivity contribution in [1.82, 2.24) is 5.32 Å². The predicted molar refractivity (Wildman–Crippen MR) is 69.7 cm³/mol. The fourth-order valence-corrected chi connectivity index (χ4v) is 1.71. The molecule has 5 nitrogen and oxygen atoms in total. The standard InChI is InChI=1S/C14H17NO4/c1-14(2,3)15-13(17)12(16)9-4-5-10-11(8-9)19-7-6-18-10/h4-5,8H,6-7H2,1-3H3,(H,15,17). The molecule has 19 heavy (non-hydrogen) atoms. The molecule has 1 N–H and O–H groups in total. The normalized spacial score (nSPS) is 13.8. The van der Waals surface area contributed by atoms with E-state index in [0.717, 1.165) is 0 Å². The lowest BCUT2D eigenvalue weighted by Crippen LogP contribution is -2.44. The van der Waals surface area contributed by atoms with E-state index in [9.17, 15) is 9.59 Å². The monoisotopic (exact) mass is 263 g/mol. The number of nitrogens with one attached hydrogen (secondary N) is 1. The van der Waals surface area contributed by atoms with Gasteiger partial charge in [0.2, 0.25) is 5.78 Å². The minimum absolute atomic E-state index is 0.297.